The van der Waals surface area contributed by atoms with Crippen molar-refractivity contribution in [3.05, 3.63) is 126 Å². The van der Waals surface area contributed by atoms with Crippen LogP contribution in [0.15, 0.2) is 109 Å². The number of sulfonamides is 1. The summed E-state index contributed by atoms with van der Waals surface area (Å²) in [5, 5.41) is 2.80. The van der Waals surface area contributed by atoms with Gasteiger partial charge in [0.2, 0.25) is 21.8 Å². The highest BCUT2D eigenvalue weighted by molar-refractivity contribution is 7.92. The summed E-state index contributed by atoms with van der Waals surface area (Å²) >= 11 is 0. The molecule has 0 saturated heterocycles. The molecule has 0 fully saturated rings. The molecule has 0 saturated carbocycles. The van der Waals surface area contributed by atoms with Crippen molar-refractivity contribution in [2.75, 3.05) is 23.7 Å². The molecule has 4 aromatic carbocycles. The van der Waals surface area contributed by atoms with Crippen LogP contribution in [-0.4, -0.2) is 50.5 Å². The van der Waals surface area contributed by atoms with E-state index in [4.69, 9.17) is 4.74 Å². The van der Waals surface area contributed by atoms with Gasteiger partial charge in [0.15, 0.2) is 0 Å². The predicted molar refractivity (Wildman–Crippen MR) is 165 cm³/mol. The number of rotatable bonds is 13. The molecule has 4 aromatic rings. The lowest BCUT2D eigenvalue weighted by Gasteiger charge is -2.33. The van der Waals surface area contributed by atoms with Crippen molar-refractivity contribution in [3.63, 3.8) is 0 Å². The van der Waals surface area contributed by atoms with Crippen LogP contribution < -0.4 is 14.4 Å². The second-order valence-corrected chi connectivity index (χ2v) is 11.8. The van der Waals surface area contributed by atoms with Gasteiger partial charge in [0.05, 0.1) is 11.9 Å². The van der Waals surface area contributed by atoms with Crippen LogP contribution in [0.1, 0.15) is 18.1 Å². The van der Waals surface area contributed by atoms with E-state index in [1.807, 2.05) is 48.5 Å². The maximum absolute atomic E-state index is 14.0. The zero-order valence-electron chi connectivity index (χ0n) is 24.0. The first-order chi connectivity index (χ1) is 20.6. The normalized spacial score (nSPS) is 11.8. The second-order valence-electron chi connectivity index (χ2n) is 9.93. The van der Waals surface area contributed by atoms with Crippen LogP contribution in [0.2, 0.25) is 0 Å². The quantitative estimate of drug-likeness (QED) is 0.228. The number of halogens is 1. The number of nitrogens with one attached hydrogen (secondary N) is 1. The molecule has 0 spiro atoms. The van der Waals surface area contributed by atoms with Gasteiger partial charge in [-0.3, -0.25) is 13.9 Å². The number of carbonyl (C=O) groups excluding carboxylic acids is 2. The van der Waals surface area contributed by atoms with E-state index >= 15 is 0 Å². The SMILES string of the molecule is CCNC(=O)[C@@H](Cc1ccccc1)N(Cc1ccc(F)cc1)C(=O)CN(c1ccc(Oc2ccccc2)cc1)S(C)(=O)=O. The van der Waals surface area contributed by atoms with Crippen LogP contribution in [0.25, 0.3) is 0 Å². The van der Waals surface area contributed by atoms with Crippen molar-refractivity contribution in [1.82, 2.24) is 10.2 Å². The summed E-state index contributed by atoms with van der Waals surface area (Å²) in [6, 6.07) is 29.4. The minimum absolute atomic E-state index is 0.0325. The van der Waals surface area contributed by atoms with Crippen LogP contribution in [-0.2, 0) is 32.6 Å². The fraction of sp³-hybridized carbons (Fsp3) is 0.212. The number of amides is 2. The summed E-state index contributed by atoms with van der Waals surface area (Å²) in [5.74, 6) is -0.292. The third kappa shape index (κ3) is 8.89. The van der Waals surface area contributed by atoms with Gasteiger partial charge in [-0.2, -0.15) is 0 Å². The van der Waals surface area contributed by atoms with Crippen molar-refractivity contribution >= 4 is 27.5 Å². The molecule has 0 aromatic heterocycles. The lowest BCUT2D eigenvalue weighted by Crippen LogP contribution is -2.53. The zero-order valence-corrected chi connectivity index (χ0v) is 24.8. The molecule has 2 amide bonds. The molecule has 0 aliphatic carbocycles. The maximum atomic E-state index is 14.0. The topological polar surface area (TPSA) is 96.0 Å². The molecule has 0 aliphatic heterocycles. The minimum Gasteiger partial charge on any atom is -0.457 e. The average molecular weight is 604 g/mol. The Morgan fingerprint density at radius 3 is 1.98 bits per heavy atom. The van der Waals surface area contributed by atoms with Crippen molar-refractivity contribution in [1.29, 1.82) is 0 Å². The summed E-state index contributed by atoms with van der Waals surface area (Å²) in [6.07, 6.45) is 1.22. The molecule has 4 rings (SSSR count). The van der Waals surface area contributed by atoms with Gasteiger partial charge in [0.1, 0.15) is 29.9 Å². The highest BCUT2D eigenvalue weighted by atomic mass is 32.2. The Morgan fingerprint density at radius 1 is 0.814 bits per heavy atom. The van der Waals surface area contributed by atoms with Crippen LogP contribution in [0, 0.1) is 5.82 Å². The second kappa shape index (κ2) is 14.5. The van der Waals surface area contributed by atoms with Crippen LogP contribution in [0.4, 0.5) is 10.1 Å². The van der Waals surface area contributed by atoms with E-state index in [9.17, 15) is 22.4 Å². The number of para-hydroxylation sites is 1. The first-order valence-electron chi connectivity index (χ1n) is 13.8. The Hall–Kier alpha value is -4.70. The Morgan fingerprint density at radius 2 is 1.40 bits per heavy atom. The fourth-order valence-electron chi connectivity index (χ4n) is 4.55. The molecule has 10 heteroatoms. The summed E-state index contributed by atoms with van der Waals surface area (Å²) in [4.78, 5) is 28.8. The molecule has 8 nitrogen and oxygen atoms in total. The van der Waals surface area contributed by atoms with Gasteiger partial charge < -0.3 is 15.0 Å². The number of hydrogen-bond acceptors (Lipinski definition) is 5. The summed E-state index contributed by atoms with van der Waals surface area (Å²) in [6.45, 7) is 1.54. The Bertz CT molecular complexity index is 1600. The van der Waals surface area contributed by atoms with Gasteiger partial charge >= 0.3 is 0 Å². The molecule has 0 radical (unpaired) electrons. The number of likely N-dealkylation sites (N-methyl/N-ethyl adjacent to an activating group) is 1. The molecule has 0 aliphatic rings. The minimum atomic E-state index is -3.92. The van der Waals surface area contributed by atoms with Gasteiger partial charge in [0, 0.05) is 19.5 Å². The van der Waals surface area contributed by atoms with Crippen molar-refractivity contribution in [2.45, 2.75) is 25.9 Å². The first-order valence-corrected chi connectivity index (χ1v) is 15.6. The number of nitrogens with zero attached hydrogens (tertiary/aromatic N) is 2. The molecule has 43 heavy (non-hydrogen) atoms. The third-order valence-electron chi connectivity index (χ3n) is 6.67. The molecule has 224 valence electrons. The van der Waals surface area contributed by atoms with E-state index in [-0.39, 0.29) is 24.6 Å². The fourth-order valence-corrected chi connectivity index (χ4v) is 5.40. The monoisotopic (exact) mass is 603 g/mol. The number of hydrogen-bond donors (Lipinski definition) is 1. The maximum Gasteiger partial charge on any atom is 0.244 e. The Balaban J connectivity index is 1.65. The van der Waals surface area contributed by atoms with Gasteiger partial charge in [-0.1, -0.05) is 60.7 Å². The molecule has 0 unspecified atom stereocenters. The summed E-state index contributed by atoms with van der Waals surface area (Å²) < 4.78 is 46.4. The molecule has 1 atom stereocenters. The van der Waals surface area contributed by atoms with E-state index in [0.717, 1.165) is 16.1 Å². The van der Waals surface area contributed by atoms with E-state index in [0.29, 0.717) is 23.6 Å². The third-order valence-corrected chi connectivity index (χ3v) is 7.81. The number of benzene rings is 4. The molecular weight excluding hydrogens is 569 g/mol. The zero-order chi connectivity index (χ0) is 30.8. The van der Waals surface area contributed by atoms with Gasteiger partial charge in [-0.25, -0.2) is 12.8 Å². The van der Waals surface area contributed by atoms with Crippen LogP contribution in [0.3, 0.4) is 0 Å². The Labute approximate surface area is 251 Å². The van der Waals surface area contributed by atoms with Gasteiger partial charge in [-0.05, 0) is 66.6 Å². The lowest BCUT2D eigenvalue weighted by molar-refractivity contribution is -0.140. The highest BCUT2D eigenvalue weighted by Crippen LogP contribution is 2.26. The van der Waals surface area contributed by atoms with E-state index in [1.54, 1.807) is 43.3 Å². The number of carbonyl (C=O) groups is 2. The molecular formula is C33H34FN3O5S. The van der Waals surface area contributed by atoms with Gasteiger partial charge in [0.25, 0.3) is 0 Å². The van der Waals surface area contributed by atoms with Crippen LogP contribution >= 0.6 is 0 Å². The van der Waals surface area contributed by atoms with Crippen molar-refractivity contribution < 1.29 is 27.1 Å². The molecule has 1 N–H and O–H groups in total. The van der Waals surface area contributed by atoms with E-state index in [2.05, 4.69) is 5.32 Å². The largest absolute Gasteiger partial charge is 0.457 e. The lowest BCUT2D eigenvalue weighted by atomic mass is 10.0. The number of anilines is 1. The predicted octanol–water partition coefficient (Wildman–Crippen LogP) is 5.16. The standard InChI is InChI=1S/C33H34FN3O5S/c1-3-35-33(39)31(22-25-10-6-4-7-11-25)36(23-26-14-16-27(34)17-15-26)32(38)24-37(43(2,40)41)28-18-20-30(21-19-28)42-29-12-8-5-9-13-29/h4-21,31H,3,22-24H2,1-2H3,(H,35,39)/t31-/m1/s1. The van der Waals surface area contributed by atoms with E-state index in [1.165, 1.54) is 29.2 Å². The van der Waals surface area contributed by atoms with Crippen molar-refractivity contribution in [2.24, 2.45) is 0 Å². The molecule has 0 bridgehead atoms. The summed E-state index contributed by atoms with van der Waals surface area (Å²) in [7, 11) is -3.92. The van der Waals surface area contributed by atoms with E-state index < -0.39 is 34.3 Å². The van der Waals surface area contributed by atoms with Crippen molar-refractivity contribution in [3.8, 4) is 11.5 Å². The summed E-state index contributed by atoms with van der Waals surface area (Å²) in [5.41, 5.74) is 1.67. The highest BCUT2D eigenvalue weighted by Gasteiger charge is 2.32. The first kappa shape index (κ1) is 31.2. The number of ether oxygens (including phenoxy) is 1. The van der Waals surface area contributed by atoms with Crippen LogP contribution in [0.5, 0.6) is 11.5 Å². The average Bonchev–Trinajstić information content (AvgIpc) is 2.99. The Kier molecular flexibility index (Phi) is 10.5. The van der Waals surface area contributed by atoms with Gasteiger partial charge in [-0.15, -0.1) is 0 Å². The molecule has 0 heterocycles. The smallest absolute Gasteiger partial charge is 0.244 e.